The topological polar surface area (TPSA) is 42.1 Å². The van der Waals surface area contributed by atoms with Gasteiger partial charge in [0, 0.05) is 18.3 Å². The summed E-state index contributed by atoms with van der Waals surface area (Å²) in [6, 6.07) is 1.88. The molecule has 0 aromatic carbocycles. The maximum Gasteiger partial charge on any atom is 0.102 e. The van der Waals surface area contributed by atoms with Gasteiger partial charge in [-0.25, -0.2) is 0 Å². The van der Waals surface area contributed by atoms with Crippen LogP contribution in [-0.2, 0) is 0 Å². The molecule has 0 fully saturated rings. The zero-order chi connectivity index (χ0) is 6.97. The molecule has 1 aromatic heterocycles. The van der Waals surface area contributed by atoms with Crippen LogP contribution in [0.2, 0.25) is 0 Å². The van der Waals surface area contributed by atoms with Crippen molar-refractivity contribution in [1.82, 2.24) is 4.98 Å². The number of rotatable bonds is 0. The lowest BCUT2D eigenvalue weighted by atomic mass is 10.2. The Morgan fingerprint density at radius 3 is 3.30 bits per heavy atom. The van der Waals surface area contributed by atoms with Gasteiger partial charge in [0.2, 0.25) is 0 Å². The van der Waals surface area contributed by atoms with Crippen LogP contribution in [0.4, 0.5) is 5.82 Å². The van der Waals surface area contributed by atoms with E-state index in [0.29, 0.717) is 12.4 Å². The first kappa shape index (κ1) is 5.56. The van der Waals surface area contributed by atoms with Gasteiger partial charge in [0.1, 0.15) is 5.82 Å². The molecule has 0 radical (unpaired) electrons. The van der Waals surface area contributed by atoms with E-state index in [2.05, 4.69) is 4.98 Å². The van der Waals surface area contributed by atoms with Gasteiger partial charge in [0.25, 0.3) is 0 Å². The van der Waals surface area contributed by atoms with Crippen LogP contribution in [-0.4, -0.2) is 11.5 Å². The van der Waals surface area contributed by atoms with Crippen LogP contribution >= 0.6 is 0 Å². The Morgan fingerprint density at radius 2 is 2.50 bits per heavy atom. The molecule has 3 nitrogen and oxygen atoms in total. The molecular formula is C7H7N2O-. The number of H-pyrrole nitrogens is 1. The second-order valence-electron chi connectivity index (χ2n) is 2.25. The zero-order valence-electron chi connectivity index (χ0n) is 5.37. The van der Waals surface area contributed by atoms with E-state index in [-0.39, 0.29) is 0 Å². The minimum atomic E-state index is 0.452. The fourth-order valence-electron chi connectivity index (χ4n) is 1.09. The highest BCUT2D eigenvalue weighted by Gasteiger charge is 2.04. The molecule has 1 aromatic rings. The summed E-state index contributed by atoms with van der Waals surface area (Å²) < 4.78 is 0. The largest absolute Gasteiger partial charge is 0.757 e. The highest BCUT2D eigenvalue weighted by molar-refractivity contribution is 5.68. The average molecular weight is 135 g/mol. The van der Waals surface area contributed by atoms with Gasteiger partial charge in [-0.2, -0.15) is 0 Å². The standard InChI is InChI=1S/C7H7N2O/c10-9-5-1-2-6-3-4-8-7(6)9/h1-4,8H,5H2/q-1. The predicted octanol–water partition coefficient (Wildman–Crippen LogP) is 1.35. The summed E-state index contributed by atoms with van der Waals surface area (Å²) in [7, 11) is 0. The maximum absolute atomic E-state index is 11.0. The van der Waals surface area contributed by atoms with Crippen molar-refractivity contribution >= 4 is 11.9 Å². The molecule has 0 amide bonds. The fourth-order valence-corrected chi connectivity index (χ4v) is 1.09. The highest BCUT2D eigenvalue weighted by Crippen LogP contribution is 2.22. The first-order chi connectivity index (χ1) is 4.88. The van der Waals surface area contributed by atoms with Crippen molar-refractivity contribution in [3.63, 3.8) is 0 Å². The molecule has 10 heavy (non-hydrogen) atoms. The smallest absolute Gasteiger partial charge is 0.102 e. The third-order valence-corrected chi connectivity index (χ3v) is 1.57. The molecular weight excluding hydrogens is 128 g/mol. The number of aromatic amines is 1. The molecule has 0 bridgehead atoms. The van der Waals surface area contributed by atoms with Crippen molar-refractivity contribution in [3.8, 4) is 0 Å². The molecule has 0 saturated carbocycles. The molecule has 52 valence electrons. The van der Waals surface area contributed by atoms with Crippen LogP contribution in [0.5, 0.6) is 0 Å². The van der Waals surface area contributed by atoms with Crippen LogP contribution in [0.1, 0.15) is 5.56 Å². The van der Waals surface area contributed by atoms with E-state index in [1.807, 2.05) is 18.2 Å². The Bertz CT molecular complexity index is 264. The Balaban J connectivity index is 2.52. The third kappa shape index (κ3) is 0.642. The lowest BCUT2D eigenvalue weighted by molar-refractivity contribution is 1.05. The van der Waals surface area contributed by atoms with Gasteiger partial charge < -0.3 is 15.3 Å². The number of hydroxylamine groups is 1. The normalized spacial score (nSPS) is 15.5. The van der Waals surface area contributed by atoms with Gasteiger partial charge in [-0.3, -0.25) is 0 Å². The number of hydrogen-bond donors (Lipinski definition) is 1. The number of aromatic nitrogens is 1. The SMILES string of the molecule is [O-]N1CC=Cc2cc[nH]c21. The summed E-state index contributed by atoms with van der Waals surface area (Å²) in [6.45, 7) is 0.452. The van der Waals surface area contributed by atoms with E-state index in [4.69, 9.17) is 0 Å². The lowest BCUT2D eigenvalue weighted by Gasteiger charge is -2.30. The summed E-state index contributed by atoms with van der Waals surface area (Å²) >= 11 is 0. The lowest BCUT2D eigenvalue weighted by Crippen LogP contribution is -2.17. The Hall–Kier alpha value is -1.22. The summed E-state index contributed by atoms with van der Waals surface area (Å²) in [5, 5.41) is 11.9. The van der Waals surface area contributed by atoms with Crippen LogP contribution in [0, 0.1) is 5.21 Å². The van der Waals surface area contributed by atoms with Gasteiger partial charge in [-0.15, -0.1) is 0 Å². The van der Waals surface area contributed by atoms with E-state index in [1.54, 1.807) is 6.20 Å². The molecule has 0 spiro atoms. The average Bonchev–Trinajstić information content (AvgIpc) is 2.36. The van der Waals surface area contributed by atoms with Gasteiger partial charge in [0.15, 0.2) is 0 Å². The van der Waals surface area contributed by atoms with Crippen LogP contribution in [0.3, 0.4) is 0 Å². The monoisotopic (exact) mass is 135 g/mol. The van der Waals surface area contributed by atoms with E-state index in [0.717, 1.165) is 10.6 Å². The number of nitrogens with zero attached hydrogens (tertiary/aromatic N) is 1. The first-order valence-electron chi connectivity index (χ1n) is 3.16. The zero-order valence-corrected chi connectivity index (χ0v) is 5.37. The van der Waals surface area contributed by atoms with Gasteiger partial charge in [0.05, 0.1) is 0 Å². The molecule has 3 heteroatoms. The predicted molar refractivity (Wildman–Crippen MR) is 40.5 cm³/mol. The fraction of sp³-hybridized carbons (Fsp3) is 0.143. The summed E-state index contributed by atoms with van der Waals surface area (Å²) in [5.41, 5.74) is 0.973. The van der Waals surface area contributed by atoms with Crippen molar-refractivity contribution < 1.29 is 0 Å². The maximum atomic E-state index is 11.0. The van der Waals surface area contributed by atoms with E-state index in [1.165, 1.54) is 0 Å². The van der Waals surface area contributed by atoms with Crippen LogP contribution in [0.25, 0.3) is 6.08 Å². The van der Waals surface area contributed by atoms with E-state index in [9.17, 15) is 5.21 Å². The minimum absolute atomic E-state index is 0.452. The summed E-state index contributed by atoms with van der Waals surface area (Å²) in [4.78, 5) is 2.87. The van der Waals surface area contributed by atoms with Gasteiger partial charge >= 0.3 is 0 Å². The van der Waals surface area contributed by atoms with Crippen molar-refractivity contribution in [1.29, 1.82) is 0 Å². The quantitative estimate of drug-likeness (QED) is 0.583. The molecule has 1 aliphatic rings. The van der Waals surface area contributed by atoms with E-state index < -0.39 is 0 Å². The highest BCUT2D eigenvalue weighted by atomic mass is 16.5. The Kier molecular flexibility index (Phi) is 1.05. The second-order valence-corrected chi connectivity index (χ2v) is 2.25. The van der Waals surface area contributed by atoms with Gasteiger partial charge in [-0.1, -0.05) is 12.2 Å². The number of hydrogen-bond acceptors (Lipinski definition) is 2. The Morgan fingerprint density at radius 1 is 1.60 bits per heavy atom. The molecule has 2 heterocycles. The first-order valence-corrected chi connectivity index (χ1v) is 3.16. The molecule has 0 atom stereocenters. The molecule has 2 rings (SSSR count). The molecule has 1 aliphatic heterocycles. The minimum Gasteiger partial charge on any atom is -0.757 e. The third-order valence-electron chi connectivity index (χ3n) is 1.57. The second kappa shape index (κ2) is 1.88. The van der Waals surface area contributed by atoms with Crippen molar-refractivity contribution in [2.24, 2.45) is 0 Å². The Labute approximate surface area is 58.5 Å². The van der Waals surface area contributed by atoms with Crippen molar-refractivity contribution in [2.45, 2.75) is 0 Å². The molecule has 0 aliphatic carbocycles. The number of nitrogens with one attached hydrogen (secondary N) is 1. The summed E-state index contributed by atoms with van der Waals surface area (Å²) in [6.07, 6.45) is 5.56. The summed E-state index contributed by atoms with van der Waals surface area (Å²) in [5.74, 6) is 0.669. The van der Waals surface area contributed by atoms with Gasteiger partial charge in [-0.05, 0) is 6.07 Å². The molecule has 0 unspecified atom stereocenters. The number of anilines is 1. The number of fused-ring (bicyclic) bond motifs is 1. The van der Waals surface area contributed by atoms with Crippen molar-refractivity contribution in [3.05, 3.63) is 29.1 Å². The van der Waals surface area contributed by atoms with Crippen LogP contribution in [0.15, 0.2) is 18.3 Å². The molecule has 1 N–H and O–H groups in total. The van der Waals surface area contributed by atoms with E-state index >= 15 is 0 Å². The van der Waals surface area contributed by atoms with Crippen LogP contribution < -0.4 is 5.06 Å². The molecule has 0 saturated heterocycles. The van der Waals surface area contributed by atoms with Crippen molar-refractivity contribution in [2.75, 3.05) is 11.6 Å².